The fourth-order valence-electron chi connectivity index (χ4n) is 3.57. The van der Waals surface area contributed by atoms with Gasteiger partial charge in [-0.25, -0.2) is 4.79 Å². The molecule has 7 nitrogen and oxygen atoms in total. The summed E-state index contributed by atoms with van der Waals surface area (Å²) in [5.41, 5.74) is 8.26. The van der Waals surface area contributed by atoms with Gasteiger partial charge in [0.15, 0.2) is 0 Å². The Labute approximate surface area is 176 Å². The molecule has 0 fully saturated rings. The Balaban J connectivity index is 1.79. The van der Waals surface area contributed by atoms with Crippen LogP contribution < -0.4 is 11.1 Å². The van der Waals surface area contributed by atoms with Gasteiger partial charge in [0, 0.05) is 6.42 Å². The van der Waals surface area contributed by atoms with Crippen molar-refractivity contribution in [3.63, 3.8) is 0 Å². The number of ether oxygens (including phenoxy) is 1. The smallest absolute Gasteiger partial charge is 0.411 e. The molecule has 0 aromatic heterocycles. The van der Waals surface area contributed by atoms with Crippen LogP contribution in [0.15, 0.2) is 54.6 Å². The topological polar surface area (TPSA) is 102 Å². The molecule has 0 unspecified atom stereocenters. The van der Waals surface area contributed by atoms with Crippen LogP contribution in [0.4, 0.5) is 4.79 Å². The molecule has 1 aliphatic rings. The van der Waals surface area contributed by atoms with E-state index in [1.807, 2.05) is 54.6 Å². The average Bonchev–Trinajstić information content (AvgIpc) is 2.75. The van der Waals surface area contributed by atoms with E-state index in [0.29, 0.717) is 6.42 Å². The summed E-state index contributed by atoms with van der Waals surface area (Å²) in [6.07, 6.45) is -0.236. The lowest BCUT2D eigenvalue weighted by atomic mass is 9.93. The maximum Gasteiger partial charge on any atom is 0.411 e. The highest BCUT2D eigenvalue weighted by Crippen LogP contribution is 2.25. The van der Waals surface area contributed by atoms with Gasteiger partial charge in [0.1, 0.15) is 18.7 Å². The molecule has 2 aromatic rings. The highest BCUT2D eigenvalue weighted by Gasteiger charge is 2.37. The summed E-state index contributed by atoms with van der Waals surface area (Å²) in [5.74, 6) is -1.19. The SMILES string of the molecule is CC(C)[C@H](NC(=O)[C@@H]1Cc2ccccc2CN1C(=O)OCc1ccccc1)C(N)=O. The van der Waals surface area contributed by atoms with Crippen LogP contribution in [0.2, 0.25) is 0 Å². The second kappa shape index (κ2) is 9.43. The molecule has 7 heteroatoms. The number of benzene rings is 2. The van der Waals surface area contributed by atoms with Crippen molar-refractivity contribution in [1.82, 2.24) is 10.2 Å². The number of fused-ring (bicyclic) bond motifs is 1. The quantitative estimate of drug-likeness (QED) is 0.765. The molecule has 158 valence electrons. The average molecular weight is 409 g/mol. The summed E-state index contributed by atoms with van der Waals surface area (Å²) in [6.45, 7) is 3.97. The predicted molar refractivity (Wildman–Crippen MR) is 112 cm³/mol. The van der Waals surface area contributed by atoms with Gasteiger partial charge in [-0.2, -0.15) is 0 Å². The molecular formula is C23H27N3O4. The maximum absolute atomic E-state index is 13.0. The van der Waals surface area contributed by atoms with Gasteiger partial charge in [-0.3, -0.25) is 14.5 Å². The Morgan fingerprint density at radius 2 is 1.70 bits per heavy atom. The monoisotopic (exact) mass is 409 g/mol. The molecule has 0 saturated heterocycles. The van der Waals surface area contributed by atoms with Crippen molar-refractivity contribution in [2.75, 3.05) is 0 Å². The van der Waals surface area contributed by atoms with Gasteiger partial charge in [-0.05, 0) is 22.6 Å². The summed E-state index contributed by atoms with van der Waals surface area (Å²) in [7, 11) is 0. The zero-order chi connectivity index (χ0) is 21.7. The second-order valence-corrected chi connectivity index (χ2v) is 7.79. The summed E-state index contributed by atoms with van der Waals surface area (Å²) in [6, 6.07) is 15.4. The Bertz CT molecular complexity index is 914. The van der Waals surface area contributed by atoms with Crippen molar-refractivity contribution in [2.45, 2.75) is 45.5 Å². The molecule has 30 heavy (non-hydrogen) atoms. The number of hydrogen-bond donors (Lipinski definition) is 2. The third-order valence-corrected chi connectivity index (χ3v) is 5.26. The minimum Gasteiger partial charge on any atom is -0.445 e. The van der Waals surface area contributed by atoms with Crippen molar-refractivity contribution in [3.8, 4) is 0 Å². The normalized spacial score (nSPS) is 16.5. The van der Waals surface area contributed by atoms with Gasteiger partial charge >= 0.3 is 6.09 Å². The number of primary amides is 1. The van der Waals surface area contributed by atoms with Crippen LogP contribution in [0.5, 0.6) is 0 Å². The first-order chi connectivity index (χ1) is 14.4. The molecule has 3 N–H and O–H groups in total. The first-order valence-electron chi connectivity index (χ1n) is 10.0. The van der Waals surface area contributed by atoms with Crippen LogP contribution in [0, 0.1) is 5.92 Å². The van der Waals surface area contributed by atoms with E-state index in [1.165, 1.54) is 4.90 Å². The van der Waals surface area contributed by atoms with Gasteiger partial charge in [-0.1, -0.05) is 68.4 Å². The lowest BCUT2D eigenvalue weighted by Crippen LogP contribution is -2.57. The fraction of sp³-hybridized carbons (Fsp3) is 0.348. The molecule has 2 atom stereocenters. The number of carbonyl (C=O) groups is 3. The van der Waals surface area contributed by atoms with Gasteiger partial charge in [0.05, 0.1) is 6.54 Å². The maximum atomic E-state index is 13.0. The molecule has 0 aliphatic carbocycles. The lowest BCUT2D eigenvalue weighted by Gasteiger charge is -2.36. The first-order valence-corrected chi connectivity index (χ1v) is 10.0. The minimum absolute atomic E-state index is 0.113. The van der Waals surface area contributed by atoms with Crippen LogP contribution in [0.25, 0.3) is 0 Å². The minimum atomic E-state index is -0.808. The predicted octanol–water partition coefficient (Wildman–Crippen LogP) is 2.38. The van der Waals surface area contributed by atoms with Gasteiger partial charge in [0.25, 0.3) is 0 Å². The van der Waals surface area contributed by atoms with E-state index >= 15 is 0 Å². The molecule has 0 radical (unpaired) electrons. The van der Waals surface area contributed by atoms with E-state index in [0.717, 1.165) is 16.7 Å². The number of nitrogens with two attached hydrogens (primary N) is 1. The largest absolute Gasteiger partial charge is 0.445 e. The first kappa shape index (κ1) is 21.4. The fourth-order valence-corrected chi connectivity index (χ4v) is 3.57. The molecule has 3 amide bonds. The summed E-state index contributed by atoms with van der Waals surface area (Å²) >= 11 is 0. The number of nitrogens with one attached hydrogen (secondary N) is 1. The van der Waals surface area contributed by atoms with E-state index in [-0.39, 0.29) is 19.1 Å². The molecule has 1 aliphatic heterocycles. The van der Waals surface area contributed by atoms with Crippen LogP contribution >= 0.6 is 0 Å². The van der Waals surface area contributed by atoms with E-state index in [1.54, 1.807) is 13.8 Å². The third kappa shape index (κ3) is 4.97. The Morgan fingerprint density at radius 1 is 1.07 bits per heavy atom. The highest BCUT2D eigenvalue weighted by atomic mass is 16.6. The van der Waals surface area contributed by atoms with Crippen molar-refractivity contribution in [2.24, 2.45) is 11.7 Å². The van der Waals surface area contributed by atoms with Crippen molar-refractivity contribution >= 4 is 17.9 Å². The lowest BCUT2D eigenvalue weighted by molar-refractivity contribution is -0.131. The van der Waals surface area contributed by atoms with Crippen molar-refractivity contribution in [3.05, 3.63) is 71.3 Å². The molecule has 0 bridgehead atoms. The number of rotatable bonds is 6. The molecule has 2 aromatic carbocycles. The Morgan fingerprint density at radius 3 is 2.33 bits per heavy atom. The Kier molecular flexibility index (Phi) is 6.72. The second-order valence-electron chi connectivity index (χ2n) is 7.79. The van der Waals surface area contributed by atoms with E-state index in [9.17, 15) is 14.4 Å². The van der Waals surface area contributed by atoms with Crippen LogP contribution in [-0.2, 0) is 33.9 Å². The standard InChI is InChI=1S/C23H27N3O4/c1-15(2)20(21(24)27)25-22(28)19-12-17-10-6-7-11-18(17)13-26(19)23(29)30-14-16-8-4-3-5-9-16/h3-11,15,19-20H,12-14H2,1-2H3,(H2,24,27)(H,25,28)/t19-,20-/m0/s1. The number of carbonyl (C=O) groups excluding carboxylic acids is 3. The number of nitrogens with zero attached hydrogens (tertiary/aromatic N) is 1. The van der Waals surface area contributed by atoms with E-state index < -0.39 is 30.0 Å². The summed E-state index contributed by atoms with van der Waals surface area (Å²) in [4.78, 5) is 39.1. The van der Waals surface area contributed by atoms with Crippen molar-refractivity contribution < 1.29 is 19.1 Å². The van der Waals surface area contributed by atoms with Gasteiger partial charge in [-0.15, -0.1) is 0 Å². The summed E-state index contributed by atoms with van der Waals surface area (Å²) < 4.78 is 5.48. The Hall–Kier alpha value is -3.35. The van der Waals surface area contributed by atoms with E-state index in [4.69, 9.17) is 10.5 Å². The summed E-state index contributed by atoms with van der Waals surface area (Å²) in [5, 5.41) is 2.71. The molecule has 3 rings (SSSR count). The van der Waals surface area contributed by atoms with Crippen LogP contribution in [0.1, 0.15) is 30.5 Å². The molecular weight excluding hydrogens is 382 g/mol. The zero-order valence-corrected chi connectivity index (χ0v) is 17.2. The van der Waals surface area contributed by atoms with Crippen LogP contribution in [0.3, 0.4) is 0 Å². The van der Waals surface area contributed by atoms with Crippen molar-refractivity contribution in [1.29, 1.82) is 0 Å². The third-order valence-electron chi connectivity index (χ3n) is 5.26. The molecule has 0 saturated carbocycles. The number of hydrogen-bond acceptors (Lipinski definition) is 4. The molecule has 0 spiro atoms. The molecule has 1 heterocycles. The highest BCUT2D eigenvalue weighted by molar-refractivity contribution is 5.91. The van der Waals surface area contributed by atoms with Gasteiger partial charge in [0.2, 0.25) is 11.8 Å². The zero-order valence-electron chi connectivity index (χ0n) is 17.2. The van der Waals surface area contributed by atoms with E-state index in [2.05, 4.69) is 5.32 Å². The van der Waals surface area contributed by atoms with Gasteiger partial charge < -0.3 is 15.8 Å². The number of amides is 3. The van der Waals surface area contributed by atoms with Crippen LogP contribution in [-0.4, -0.2) is 34.9 Å².